The van der Waals surface area contributed by atoms with Crippen LogP contribution in [0.3, 0.4) is 0 Å². The molecule has 2 aliphatic heterocycles. The van der Waals surface area contributed by atoms with Crippen LogP contribution in [-0.2, 0) is 14.6 Å². The first kappa shape index (κ1) is 19.6. The summed E-state index contributed by atoms with van der Waals surface area (Å²) in [4.78, 5) is 17.1. The molecule has 1 aromatic carbocycles. The highest BCUT2D eigenvalue weighted by atomic mass is 35.5. The fourth-order valence-corrected chi connectivity index (χ4v) is 5.20. The predicted octanol–water partition coefficient (Wildman–Crippen LogP) is 2.84. The molecular formula is C19H27ClN2O3S. The van der Waals surface area contributed by atoms with Crippen LogP contribution in [0.25, 0.3) is 0 Å². The number of hydrogen-bond acceptors (Lipinski definition) is 4. The molecule has 0 bridgehead atoms. The van der Waals surface area contributed by atoms with Gasteiger partial charge in [-0.2, -0.15) is 0 Å². The average molecular weight is 399 g/mol. The number of carbonyl (C=O) groups excluding carboxylic acids is 1. The normalized spacial score (nSPS) is 20.3. The smallest absolute Gasteiger partial charge is 0.225 e. The van der Waals surface area contributed by atoms with Gasteiger partial charge in [-0.05, 0) is 69.5 Å². The minimum atomic E-state index is -3.30. The summed E-state index contributed by atoms with van der Waals surface area (Å²) in [5.74, 6) is 0.509. The Morgan fingerprint density at radius 2 is 1.62 bits per heavy atom. The van der Waals surface area contributed by atoms with Crippen LogP contribution < -0.4 is 0 Å². The highest BCUT2D eigenvalue weighted by molar-refractivity contribution is 7.91. The maximum atomic E-state index is 12.6. The Morgan fingerprint density at radius 3 is 2.23 bits per heavy atom. The topological polar surface area (TPSA) is 57.7 Å². The lowest BCUT2D eigenvalue weighted by atomic mass is 9.94. The molecule has 26 heavy (non-hydrogen) atoms. The number of likely N-dealkylation sites (tertiary alicyclic amines) is 2. The van der Waals surface area contributed by atoms with E-state index in [0.717, 1.165) is 51.9 Å². The number of hydrogen-bond donors (Lipinski definition) is 0. The van der Waals surface area contributed by atoms with Crippen molar-refractivity contribution < 1.29 is 13.2 Å². The molecule has 2 heterocycles. The van der Waals surface area contributed by atoms with E-state index in [1.54, 1.807) is 24.3 Å². The molecule has 5 nitrogen and oxygen atoms in total. The molecule has 0 aromatic heterocycles. The van der Waals surface area contributed by atoms with E-state index in [-0.39, 0.29) is 11.7 Å². The maximum Gasteiger partial charge on any atom is 0.225 e. The van der Waals surface area contributed by atoms with Crippen molar-refractivity contribution >= 4 is 27.3 Å². The molecule has 1 amide bonds. The number of piperidine rings is 2. The van der Waals surface area contributed by atoms with Crippen molar-refractivity contribution in [2.45, 2.75) is 37.0 Å². The number of sulfone groups is 1. The lowest BCUT2D eigenvalue weighted by molar-refractivity contribution is -0.138. The van der Waals surface area contributed by atoms with E-state index in [4.69, 9.17) is 11.6 Å². The standard InChI is InChI=1S/C19H27ClN2O3S/c20-17-4-6-18(7-5-17)26(24,25)15-14-21-12-8-16(9-13-21)19(23)22-10-2-1-3-11-22/h4-7,16H,1-3,8-15H2. The number of halogens is 1. The van der Waals surface area contributed by atoms with Gasteiger partial charge >= 0.3 is 0 Å². The molecule has 0 unspecified atom stereocenters. The Hall–Kier alpha value is -1.11. The summed E-state index contributed by atoms with van der Waals surface area (Å²) < 4.78 is 24.9. The largest absolute Gasteiger partial charge is 0.342 e. The molecule has 0 aliphatic carbocycles. The Morgan fingerprint density at radius 1 is 1.00 bits per heavy atom. The third-order valence-corrected chi connectivity index (χ3v) is 7.42. The van der Waals surface area contributed by atoms with Crippen molar-refractivity contribution in [1.29, 1.82) is 0 Å². The summed E-state index contributed by atoms with van der Waals surface area (Å²) in [7, 11) is -3.30. The zero-order chi connectivity index (χ0) is 18.6. The molecule has 0 atom stereocenters. The third kappa shape index (κ3) is 4.99. The second-order valence-corrected chi connectivity index (χ2v) is 9.82. The van der Waals surface area contributed by atoms with E-state index in [0.29, 0.717) is 22.4 Å². The fraction of sp³-hybridized carbons (Fsp3) is 0.632. The molecule has 2 fully saturated rings. The zero-order valence-corrected chi connectivity index (χ0v) is 16.6. The van der Waals surface area contributed by atoms with E-state index in [1.807, 2.05) is 4.90 Å². The minimum absolute atomic E-state index is 0.0966. The summed E-state index contributed by atoms with van der Waals surface area (Å²) in [6.45, 7) is 3.90. The average Bonchev–Trinajstić information content (AvgIpc) is 2.67. The van der Waals surface area contributed by atoms with Gasteiger partial charge in [0.25, 0.3) is 0 Å². The van der Waals surface area contributed by atoms with Crippen LogP contribution >= 0.6 is 11.6 Å². The molecule has 0 saturated carbocycles. The van der Waals surface area contributed by atoms with Crippen LogP contribution in [0.4, 0.5) is 0 Å². The number of rotatable bonds is 5. The Balaban J connectivity index is 1.46. The van der Waals surface area contributed by atoms with Gasteiger partial charge in [0.1, 0.15) is 0 Å². The zero-order valence-electron chi connectivity index (χ0n) is 15.1. The summed E-state index contributed by atoms with van der Waals surface area (Å²) in [6, 6.07) is 6.32. The first-order valence-electron chi connectivity index (χ1n) is 9.45. The maximum absolute atomic E-state index is 12.6. The van der Waals surface area contributed by atoms with Gasteiger partial charge in [0, 0.05) is 30.6 Å². The first-order valence-corrected chi connectivity index (χ1v) is 11.5. The highest BCUT2D eigenvalue weighted by Crippen LogP contribution is 2.22. The van der Waals surface area contributed by atoms with Crippen molar-refractivity contribution in [3.63, 3.8) is 0 Å². The van der Waals surface area contributed by atoms with Crippen LogP contribution in [0.2, 0.25) is 5.02 Å². The quantitative estimate of drug-likeness (QED) is 0.765. The van der Waals surface area contributed by atoms with Gasteiger partial charge in [0.2, 0.25) is 5.91 Å². The van der Waals surface area contributed by atoms with Gasteiger partial charge in [0.05, 0.1) is 10.6 Å². The predicted molar refractivity (Wildman–Crippen MR) is 103 cm³/mol. The Bertz CT molecular complexity index is 707. The molecule has 144 valence electrons. The van der Waals surface area contributed by atoms with Gasteiger partial charge in [-0.3, -0.25) is 4.79 Å². The van der Waals surface area contributed by atoms with Crippen molar-refractivity contribution in [2.75, 3.05) is 38.5 Å². The van der Waals surface area contributed by atoms with Gasteiger partial charge < -0.3 is 9.80 Å². The van der Waals surface area contributed by atoms with Gasteiger partial charge in [-0.15, -0.1) is 0 Å². The van der Waals surface area contributed by atoms with Gasteiger partial charge in [-0.1, -0.05) is 11.6 Å². The van der Waals surface area contributed by atoms with E-state index < -0.39 is 9.84 Å². The molecule has 2 aliphatic rings. The SMILES string of the molecule is O=C(C1CCN(CCS(=O)(=O)c2ccc(Cl)cc2)CC1)N1CCCCC1. The molecule has 2 saturated heterocycles. The number of carbonyl (C=O) groups is 1. The van der Waals surface area contributed by atoms with E-state index in [9.17, 15) is 13.2 Å². The molecule has 0 spiro atoms. The fourth-order valence-electron chi connectivity index (χ4n) is 3.79. The van der Waals surface area contributed by atoms with Gasteiger partial charge in [0.15, 0.2) is 9.84 Å². The van der Waals surface area contributed by atoms with E-state index in [2.05, 4.69) is 4.90 Å². The lowest BCUT2D eigenvalue weighted by Gasteiger charge is -2.35. The van der Waals surface area contributed by atoms with E-state index in [1.165, 1.54) is 6.42 Å². The molecule has 0 N–H and O–H groups in total. The van der Waals surface area contributed by atoms with Crippen LogP contribution in [0.1, 0.15) is 32.1 Å². The second-order valence-electron chi connectivity index (χ2n) is 7.27. The van der Waals surface area contributed by atoms with Crippen LogP contribution in [0, 0.1) is 5.92 Å². The molecule has 3 rings (SSSR count). The number of nitrogens with zero attached hydrogens (tertiary/aromatic N) is 2. The van der Waals surface area contributed by atoms with Crippen molar-refractivity contribution in [3.05, 3.63) is 29.3 Å². The van der Waals surface area contributed by atoms with E-state index >= 15 is 0 Å². The van der Waals surface area contributed by atoms with Crippen molar-refractivity contribution in [1.82, 2.24) is 9.80 Å². The number of benzene rings is 1. The monoisotopic (exact) mass is 398 g/mol. The van der Waals surface area contributed by atoms with Crippen molar-refractivity contribution in [3.8, 4) is 0 Å². The summed E-state index contributed by atoms with van der Waals surface area (Å²) in [5.41, 5.74) is 0. The first-order chi connectivity index (χ1) is 12.5. The molecular weight excluding hydrogens is 372 g/mol. The van der Waals surface area contributed by atoms with Crippen molar-refractivity contribution in [2.24, 2.45) is 5.92 Å². The Labute approximate surface area is 161 Å². The molecule has 7 heteroatoms. The summed E-state index contributed by atoms with van der Waals surface area (Å²) in [6.07, 6.45) is 5.12. The molecule has 1 aromatic rings. The second kappa shape index (κ2) is 8.72. The minimum Gasteiger partial charge on any atom is -0.342 e. The lowest BCUT2D eigenvalue weighted by Crippen LogP contribution is -2.45. The molecule has 0 radical (unpaired) electrons. The van der Waals surface area contributed by atoms with Crippen LogP contribution in [0.15, 0.2) is 29.2 Å². The Kier molecular flexibility index (Phi) is 6.59. The van der Waals surface area contributed by atoms with Crippen LogP contribution in [0.5, 0.6) is 0 Å². The third-order valence-electron chi connectivity index (χ3n) is 5.45. The highest BCUT2D eigenvalue weighted by Gasteiger charge is 2.29. The van der Waals surface area contributed by atoms with Gasteiger partial charge in [-0.25, -0.2) is 8.42 Å². The summed E-state index contributed by atoms with van der Waals surface area (Å²) in [5, 5.41) is 0.532. The van der Waals surface area contributed by atoms with Crippen LogP contribution in [-0.4, -0.2) is 62.6 Å². The number of amides is 1. The summed E-state index contributed by atoms with van der Waals surface area (Å²) >= 11 is 5.82.